The fourth-order valence-electron chi connectivity index (χ4n) is 3.98. The first-order chi connectivity index (χ1) is 16.1. The summed E-state index contributed by atoms with van der Waals surface area (Å²) in [6.45, 7) is 2.68. The molecule has 2 aromatic rings. The molecule has 0 aliphatic carbocycles. The van der Waals surface area contributed by atoms with Crippen molar-refractivity contribution in [1.82, 2.24) is 9.47 Å². The molecule has 34 heavy (non-hydrogen) atoms. The number of likely N-dealkylation sites (tertiary alicyclic amines) is 1. The van der Waals surface area contributed by atoms with Gasteiger partial charge < -0.3 is 24.6 Å². The van der Waals surface area contributed by atoms with Crippen molar-refractivity contribution in [2.24, 2.45) is 13.0 Å². The Kier molecular flexibility index (Phi) is 7.77. The van der Waals surface area contributed by atoms with Crippen LogP contribution in [0.1, 0.15) is 23.0 Å². The highest BCUT2D eigenvalue weighted by molar-refractivity contribution is 7.74. The number of nitrogens with one attached hydrogen (secondary N) is 1. The van der Waals surface area contributed by atoms with E-state index < -0.39 is 64.5 Å². The Balaban J connectivity index is 1.93. The van der Waals surface area contributed by atoms with Crippen molar-refractivity contribution in [3.8, 4) is 0 Å². The third-order valence-electron chi connectivity index (χ3n) is 5.64. The Bertz CT molecular complexity index is 1160. The molecule has 1 aromatic heterocycles. The largest absolute Gasteiger partial charge is 0.450 e. The number of aryl methyl sites for hydroxylation is 2. The SMILES string of the molecule is CCOC(=O)N1C[C@@H](CO)[C@@H](N(c2cn(C)c(C(=O)Nc3ccc(F)c(C)c3)c2F)[SH](=O)=O)C1. The summed E-state index contributed by atoms with van der Waals surface area (Å²) >= 11 is 0. The second-order valence-corrected chi connectivity index (χ2v) is 8.81. The molecule has 1 aliphatic heterocycles. The smallest absolute Gasteiger partial charge is 0.409 e. The fraction of sp³-hybridized carbons (Fsp3) is 0.429. The Morgan fingerprint density at radius 1 is 1.29 bits per heavy atom. The third-order valence-corrected chi connectivity index (χ3v) is 6.50. The molecule has 2 atom stereocenters. The van der Waals surface area contributed by atoms with Crippen LogP contribution in [0.5, 0.6) is 0 Å². The maximum atomic E-state index is 15.4. The van der Waals surface area contributed by atoms with Gasteiger partial charge in [0.15, 0.2) is 5.82 Å². The second-order valence-electron chi connectivity index (χ2n) is 7.90. The van der Waals surface area contributed by atoms with Crippen molar-refractivity contribution in [3.63, 3.8) is 0 Å². The third kappa shape index (κ3) is 4.99. The van der Waals surface area contributed by atoms with Gasteiger partial charge in [-0.3, -0.25) is 9.10 Å². The van der Waals surface area contributed by atoms with Gasteiger partial charge in [-0.25, -0.2) is 22.0 Å². The number of rotatable bonds is 7. The maximum absolute atomic E-state index is 15.4. The van der Waals surface area contributed by atoms with E-state index in [-0.39, 0.29) is 30.9 Å². The molecule has 0 radical (unpaired) electrons. The van der Waals surface area contributed by atoms with Crippen LogP contribution in [0.3, 0.4) is 0 Å². The standard InChI is InChI=1S/C21H26F2N4O6S/c1-4-33-21(30)26-8-13(11-28)16(10-26)27(34(31)32)17-9-25(3)19(18(17)23)20(29)24-14-5-6-15(22)12(2)7-14/h5-7,9,13,16,28,34H,4,8,10-11H2,1-3H3,(H,24,29)/t13-,16-/m0/s1. The molecule has 1 saturated heterocycles. The first-order valence-electron chi connectivity index (χ1n) is 10.5. The molecule has 13 heteroatoms. The van der Waals surface area contributed by atoms with Crippen LogP contribution >= 0.6 is 0 Å². The first-order valence-corrected chi connectivity index (χ1v) is 11.6. The molecule has 0 saturated carbocycles. The zero-order valence-electron chi connectivity index (χ0n) is 18.8. The fourth-order valence-corrected chi connectivity index (χ4v) is 4.79. The molecule has 0 unspecified atom stereocenters. The number of carbonyl (C=O) groups is 2. The molecule has 186 valence electrons. The normalized spacial score (nSPS) is 17.8. The lowest BCUT2D eigenvalue weighted by Crippen LogP contribution is -2.42. The van der Waals surface area contributed by atoms with Gasteiger partial charge in [-0.1, -0.05) is 0 Å². The van der Waals surface area contributed by atoms with E-state index in [1.165, 1.54) is 31.0 Å². The number of aliphatic hydroxyl groups is 1. The van der Waals surface area contributed by atoms with E-state index in [1.807, 2.05) is 0 Å². The van der Waals surface area contributed by atoms with E-state index in [2.05, 4.69) is 5.32 Å². The molecule has 3 rings (SSSR count). The molecule has 2 N–H and O–H groups in total. The summed E-state index contributed by atoms with van der Waals surface area (Å²) in [5.74, 6) is -3.12. The van der Waals surface area contributed by atoms with Gasteiger partial charge in [0.2, 0.25) is 10.9 Å². The number of anilines is 2. The summed E-state index contributed by atoms with van der Waals surface area (Å²) in [6.07, 6.45) is 0.472. The van der Waals surface area contributed by atoms with Gasteiger partial charge >= 0.3 is 6.09 Å². The zero-order chi connectivity index (χ0) is 25.2. The number of halogens is 2. The number of nitrogens with zero attached hydrogens (tertiary/aromatic N) is 3. The molecule has 0 spiro atoms. The van der Waals surface area contributed by atoms with E-state index in [0.29, 0.717) is 0 Å². The highest BCUT2D eigenvalue weighted by Gasteiger charge is 2.42. The number of thiol groups is 1. The molecule has 1 aromatic carbocycles. The summed E-state index contributed by atoms with van der Waals surface area (Å²) in [4.78, 5) is 26.1. The number of hydrogen-bond donors (Lipinski definition) is 3. The Morgan fingerprint density at radius 2 is 2.00 bits per heavy atom. The summed E-state index contributed by atoms with van der Waals surface area (Å²) in [5.41, 5.74) is -0.324. The van der Waals surface area contributed by atoms with Gasteiger partial charge in [0.1, 0.15) is 17.2 Å². The highest BCUT2D eigenvalue weighted by Crippen LogP contribution is 2.32. The quantitative estimate of drug-likeness (QED) is 0.497. The van der Waals surface area contributed by atoms with Crippen molar-refractivity contribution >= 4 is 34.3 Å². The van der Waals surface area contributed by atoms with Crippen LogP contribution in [0.25, 0.3) is 0 Å². The molecular formula is C21H26F2N4O6S. The number of benzene rings is 1. The number of hydrogen-bond acceptors (Lipinski definition) is 6. The van der Waals surface area contributed by atoms with Gasteiger partial charge in [0.25, 0.3) is 5.91 Å². The molecule has 2 heterocycles. The zero-order valence-corrected chi connectivity index (χ0v) is 19.7. The minimum absolute atomic E-state index is 0.0192. The monoisotopic (exact) mass is 500 g/mol. The van der Waals surface area contributed by atoms with Crippen molar-refractivity contribution in [2.45, 2.75) is 19.9 Å². The van der Waals surface area contributed by atoms with Crippen LogP contribution < -0.4 is 9.62 Å². The summed E-state index contributed by atoms with van der Waals surface area (Å²) in [7, 11) is -2.03. The minimum Gasteiger partial charge on any atom is -0.450 e. The van der Waals surface area contributed by atoms with Crippen LogP contribution in [0.15, 0.2) is 24.4 Å². The Hall–Kier alpha value is -3.19. The number of carbonyl (C=O) groups excluding carboxylic acids is 2. The van der Waals surface area contributed by atoms with Gasteiger partial charge in [-0.2, -0.15) is 0 Å². The van der Waals surface area contributed by atoms with Crippen molar-refractivity contribution < 1.29 is 36.6 Å². The lowest BCUT2D eigenvalue weighted by molar-refractivity contribution is 0.101. The van der Waals surface area contributed by atoms with Gasteiger partial charge in [-0.15, -0.1) is 0 Å². The van der Waals surface area contributed by atoms with Gasteiger partial charge in [0, 0.05) is 44.5 Å². The van der Waals surface area contributed by atoms with Crippen LogP contribution in [-0.2, 0) is 22.7 Å². The number of aromatic nitrogens is 1. The highest BCUT2D eigenvalue weighted by atomic mass is 32.2. The second kappa shape index (κ2) is 10.4. The van der Waals surface area contributed by atoms with Crippen molar-refractivity contribution in [2.75, 3.05) is 35.9 Å². The van der Waals surface area contributed by atoms with E-state index >= 15 is 4.39 Å². The van der Waals surface area contributed by atoms with Crippen LogP contribution in [-0.4, -0.2) is 67.3 Å². The summed E-state index contributed by atoms with van der Waals surface area (Å²) in [6, 6.07) is 2.89. The lowest BCUT2D eigenvalue weighted by atomic mass is 10.1. The first kappa shape index (κ1) is 25.4. The molecule has 10 nitrogen and oxygen atoms in total. The number of aliphatic hydroxyl groups excluding tert-OH is 1. The molecular weight excluding hydrogens is 474 g/mol. The molecule has 0 bridgehead atoms. The topological polar surface area (TPSA) is 121 Å². The van der Waals surface area contributed by atoms with Gasteiger partial charge in [0.05, 0.1) is 12.6 Å². The van der Waals surface area contributed by atoms with Crippen LogP contribution in [0.2, 0.25) is 0 Å². The maximum Gasteiger partial charge on any atom is 0.409 e. The average Bonchev–Trinajstić information content (AvgIpc) is 3.32. The van der Waals surface area contributed by atoms with E-state index in [0.717, 1.165) is 21.1 Å². The lowest BCUT2D eigenvalue weighted by Gasteiger charge is -2.27. The Morgan fingerprint density at radius 3 is 2.59 bits per heavy atom. The van der Waals surface area contributed by atoms with E-state index in [1.54, 1.807) is 6.92 Å². The average molecular weight is 501 g/mol. The van der Waals surface area contributed by atoms with E-state index in [9.17, 15) is 27.5 Å². The van der Waals surface area contributed by atoms with Crippen molar-refractivity contribution in [1.29, 1.82) is 0 Å². The van der Waals surface area contributed by atoms with Crippen LogP contribution in [0, 0.1) is 24.5 Å². The number of amides is 2. The van der Waals surface area contributed by atoms with Crippen molar-refractivity contribution in [3.05, 3.63) is 47.3 Å². The predicted molar refractivity (Wildman–Crippen MR) is 120 cm³/mol. The summed E-state index contributed by atoms with van der Waals surface area (Å²) < 4.78 is 60.1. The Labute approximate surface area is 196 Å². The number of ether oxygens (including phenoxy) is 1. The van der Waals surface area contributed by atoms with Crippen LogP contribution in [0.4, 0.5) is 25.0 Å². The molecule has 2 amide bonds. The van der Waals surface area contributed by atoms with E-state index in [4.69, 9.17) is 4.74 Å². The van der Waals surface area contributed by atoms with Gasteiger partial charge in [-0.05, 0) is 37.6 Å². The molecule has 1 fully saturated rings. The molecule has 1 aliphatic rings. The summed E-state index contributed by atoms with van der Waals surface area (Å²) in [5, 5.41) is 12.2. The minimum atomic E-state index is -3.40. The predicted octanol–water partition coefficient (Wildman–Crippen LogP) is 1.65.